The SMILES string of the molecule is O=C(NOCC(O)CCO)c1cc(Br)ncc1Nc1ccc(I)cc1F. The molecular weight excluding hydrogens is 524 g/mol. The number of hydrogen-bond acceptors (Lipinski definition) is 6. The maximum Gasteiger partial charge on any atom is 0.277 e. The van der Waals surface area contributed by atoms with E-state index in [-0.39, 0.29) is 36.6 Å². The van der Waals surface area contributed by atoms with E-state index in [1.807, 2.05) is 22.6 Å². The maximum atomic E-state index is 14.0. The molecule has 0 saturated carbocycles. The summed E-state index contributed by atoms with van der Waals surface area (Å²) in [5, 5.41) is 21.0. The van der Waals surface area contributed by atoms with Crippen LogP contribution in [0.25, 0.3) is 0 Å². The van der Waals surface area contributed by atoms with Crippen molar-refractivity contribution >= 4 is 55.8 Å². The van der Waals surface area contributed by atoms with Crippen molar-refractivity contribution in [2.45, 2.75) is 12.5 Å². The van der Waals surface area contributed by atoms with Gasteiger partial charge in [-0.1, -0.05) is 0 Å². The molecule has 0 aliphatic rings. The third-order valence-corrected chi connectivity index (χ3v) is 4.32. The Balaban J connectivity index is 2.12. The van der Waals surface area contributed by atoms with Crippen LogP contribution >= 0.6 is 38.5 Å². The highest BCUT2D eigenvalue weighted by atomic mass is 127. The number of aliphatic hydroxyl groups is 2. The van der Waals surface area contributed by atoms with E-state index in [1.54, 1.807) is 12.1 Å². The first-order valence-electron chi connectivity index (χ1n) is 7.49. The van der Waals surface area contributed by atoms with Crippen LogP contribution < -0.4 is 10.8 Å². The van der Waals surface area contributed by atoms with Crippen molar-refractivity contribution in [3.05, 3.63) is 50.0 Å². The smallest absolute Gasteiger partial charge is 0.277 e. The highest BCUT2D eigenvalue weighted by molar-refractivity contribution is 14.1. The molecule has 2 rings (SSSR count). The second-order valence-corrected chi connectivity index (χ2v) is 7.27. The lowest BCUT2D eigenvalue weighted by molar-refractivity contribution is -0.0188. The Labute approximate surface area is 171 Å². The van der Waals surface area contributed by atoms with Crippen LogP contribution in [0.3, 0.4) is 0 Å². The van der Waals surface area contributed by atoms with E-state index in [9.17, 15) is 14.3 Å². The predicted molar refractivity (Wildman–Crippen MR) is 105 cm³/mol. The lowest BCUT2D eigenvalue weighted by Crippen LogP contribution is -2.29. The Morgan fingerprint density at radius 2 is 2.15 bits per heavy atom. The summed E-state index contributed by atoms with van der Waals surface area (Å²) < 4.78 is 15.2. The van der Waals surface area contributed by atoms with Gasteiger partial charge in [0.05, 0.1) is 29.2 Å². The van der Waals surface area contributed by atoms with Gasteiger partial charge in [0.15, 0.2) is 0 Å². The predicted octanol–water partition coefficient (Wildman–Crippen LogP) is 2.74. The molecule has 140 valence electrons. The van der Waals surface area contributed by atoms with E-state index in [0.29, 0.717) is 4.60 Å². The second kappa shape index (κ2) is 10.1. The van der Waals surface area contributed by atoms with E-state index < -0.39 is 17.8 Å². The lowest BCUT2D eigenvalue weighted by Gasteiger charge is -2.14. The lowest BCUT2D eigenvalue weighted by atomic mass is 10.2. The fourth-order valence-corrected chi connectivity index (χ4v) is 2.73. The van der Waals surface area contributed by atoms with Crippen LogP contribution in [-0.2, 0) is 4.84 Å². The number of aliphatic hydroxyl groups excluding tert-OH is 2. The molecule has 1 unspecified atom stereocenters. The molecule has 0 fully saturated rings. The number of hydrogen-bond donors (Lipinski definition) is 4. The summed E-state index contributed by atoms with van der Waals surface area (Å²) in [6.07, 6.45) is 0.620. The number of hydroxylamine groups is 1. The van der Waals surface area contributed by atoms with Crippen LogP contribution in [0.4, 0.5) is 15.8 Å². The monoisotopic (exact) mass is 539 g/mol. The molecule has 4 N–H and O–H groups in total. The summed E-state index contributed by atoms with van der Waals surface area (Å²) in [5.41, 5.74) is 2.85. The van der Waals surface area contributed by atoms with Crippen LogP contribution in [0.2, 0.25) is 0 Å². The summed E-state index contributed by atoms with van der Waals surface area (Å²) in [6, 6.07) is 6.10. The first-order valence-corrected chi connectivity index (χ1v) is 9.36. The van der Waals surface area contributed by atoms with Crippen molar-refractivity contribution in [2.24, 2.45) is 0 Å². The van der Waals surface area contributed by atoms with Gasteiger partial charge in [-0.2, -0.15) is 0 Å². The normalized spacial score (nSPS) is 11.9. The Bertz CT molecular complexity index is 781. The van der Waals surface area contributed by atoms with E-state index in [4.69, 9.17) is 9.94 Å². The number of nitrogens with one attached hydrogen (secondary N) is 2. The van der Waals surface area contributed by atoms with Gasteiger partial charge >= 0.3 is 0 Å². The first-order chi connectivity index (χ1) is 12.4. The first kappa shape index (κ1) is 21.0. The number of halogens is 3. The van der Waals surface area contributed by atoms with E-state index in [2.05, 4.69) is 31.7 Å². The molecule has 1 aromatic heterocycles. The zero-order valence-corrected chi connectivity index (χ0v) is 17.1. The quantitative estimate of drug-likeness (QED) is 0.234. The third kappa shape index (κ3) is 6.13. The van der Waals surface area contributed by atoms with E-state index in [1.165, 1.54) is 18.3 Å². The molecule has 0 aliphatic carbocycles. The second-order valence-electron chi connectivity index (χ2n) is 5.21. The summed E-state index contributed by atoms with van der Waals surface area (Å²) >= 11 is 5.18. The van der Waals surface area contributed by atoms with Gasteiger partial charge in [-0.3, -0.25) is 9.63 Å². The number of rotatable bonds is 8. The molecule has 0 bridgehead atoms. The van der Waals surface area contributed by atoms with Gasteiger partial charge in [-0.05, 0) is 69.2 Å². The van der Waals surface area contributed by atoms with Crippen molar-refractivity contribution in [3.63, 3.8) is 0 Å². The van der Waals surface area contributed by atoms with Crippen molar-refractivity contribution in [1.29, 1.82) is 0 Å². The molecule has 0 aliphatic heterocycles. The van der Waals surface area contributed by atoms with Crippen molar-refractivity contribution in [3.8, 4) is 0 Å². The molecule has 0 spiro atoms. The molecule has 26 heavy (non-hydrogen) atoms. The van der Waals surface area contributed by atoms with Crippen LogP contribution in [0.1, 0.15) is 16.8 Å². The standard InChI is InChI=1S/C16H16BrFIN3O4/c17-15-6-11(16(25)22-26-8-10(24)3-4-23)14(7-20-15)21-13-2-1-9(19)5-12(13)18/h1-2,5-7,10,21,23-24H,3-4,8H2,(H,22,25). The molecule has 1 aromatic carbocycles. The number of carbonyl (C=O) groups excluding carboxylic acids is 1. The topological polar surface area (TPSA) is 104 Å². The Kier molecular flexibility index (Phi) is 8.15. The van der Waals surface area contributed by atoms with Gasteiger partial charge in [0, 0.05) is 10.2 Å². The van der Waals surface area contributed by atoms with Crippen LogP contribution in [-0.4, -0.2) is 40.4 Å². The average molecular weight is 540 g/mol. The van der Waals surface area contributed by atoms with Gasteiger partial charge in [-0.15, -0.1) is 0 Å². The molecule has 0 saturated heterocycles. The van der Waals surface area contributed by atoms with Crippen LogP contribution in [0.15, 0.2) is 35.1 Å². The zero-order chi connectivity index (χ0) is 19.1. The minimum atomic E-state index is -0.900. The number of benzene rings is 1. The number of carbonyl (C=O) groups is 1. The summed E-state index contributed by atoms with van der Waals surface area (Å²) in [5.74, 6) is -1.06. The third-order valence-electron chi connectivity index (χ3n) is 3.22. The molecule has 7 nitrogen and oxygen atoms in total. The number of pyridine rings is 1. The van der Waals surface area contributed by atoms with Crippen molar-refractivity contribution < 1.29 is 24.2 Å². The van der Waals surface area contributed by atoms with Gasteiger partial charge in [0.1, 0.15) is 17.0 Å². The maximum absolute atomic E-state index is 14.0. The minimum absolute atomic E-state index is 0.134. The minimum Gasteiger partial charge on any atom is -0.396 e. The van der Waals surface area contributed by atoms with Crippen LogP contribution in [0.5, 0.6) is 0 Å². The van der Waals surface area contributed by atoms with Gasteiger partial charge in [0.25, 0.3) is 5.91 Å². The number of aromatic nitrogens is 1. The van der Waals surface area contributed by atoms with Gasteiger partial charge in [0.2, 0.25) is 0 Å². The Morgan fingerprint density at radius 3 is 2.85 bits per heavy atom. The molecule has 1 atom stereocenters. The number of anilines is 2. The highest BCUT2D eigenvalue weighted by Crippen LogP contribution is 2.25. The van der Waals surface area contributed by atoms with Crippen molar-refractivity contribution in [2.75, 3.05) is 18.5 Å². The molecule has 1 heterocycles. The number of nitrogens with zero attached hydrogens (tertiary/aromatic N) is 1. The van der Waals surface area contributed by atoms with E-state index in [0.717, 1.165) is 3.57 Å². The van der Waals surface area contributed by atoms with Gasteiger partial charge in [-0.25, -0.2) is 14.9 Å². The largest absolute Gasteiger partial charge is 0.396 e. The van der Waals surface area contributed by atoms with Crippen molar-refractivity contribution in [1.82, 2.24) is 10.5 Å². The molecule has 1 amide bonds. The summed E-state index contributed by atoms with van der Waals surface area (Å²) in [7, 11) is 0. The fraction of sp³-hybridized carbons (Fsp3) is 0.250. The van der Waals surface area contributed by atoms with Crippen LogP contribution in [0, 0.1) is 9.39 Å². The summed E-state index contributed by atoms with van der Waals surface area (Å²) in [6.45, 7) is -0.363. The van der Waals surface area contributed by atoms with E-state index >= 15 is 0 Å². The fourth-order valence-electron chi connectivity index (χ4n) is 1.94. The molecule has 10 heteroatoms. The number of amides is 1. The summed E-state index contributed by atoms with van der Waals surface area (Å²) in [4.78, 5) is 21.3. The molecular formula is C16H16BrFIN3O4. The highest BCUT2D eigenvalue weighted by Gasteiger charge is 2.15. The zero-order valence-electron chi connectivity index (χ0n) is 13.4. The Morgan fingerprint density at radius 1 is 1.38 bits per heavy atom. The average Bonchev–Trinajstić information content (AvgIpc) is 2.58. The molecule has 2 aromatic rings. The Hall–Kier alpha value is -1.34. The van der Waals surface area contributed by atoms with Gasteiger partial charge < -0.3 is 15.5 Å². The molecule has 0 radical (unpaired) electrons.